The standard InChI is InChI=1S/C30H32O4/c1-28-14-22-15-29(2,17-28)19-30(16-22,18-28)25-9-7-20(8-10-25)5-6-21-11-23(26(31)33-3)13-24(12-21)27(32)34-4/h7-13,22H,14-19H2,1-4H3. The van der Waals surface area contributed by atoms with Gasteiger partial charge in [0.15, 0.2) is 0 Å². The van der Waals surface area contributed by atoms with Gasteiger partial charge in [-0.3, -0.25) is 0 Å². The van der Waals surface area contributed by atoms with E-state index in [2.05, 4.69) is 50.0 Å². The minimum Gasteiger partial charge on any atom is -0.465 e. The van der Waals surface area contributed by atoms with E-state index in [-0.39, 0.29) is 11.1 Å². The highest BCUT2D eigenvalue weighted by atomic mass is 16.5. The van der Waals surface area contributed by atoms with E-state index >= 15 is 0 Å². The Morgan fingerprint density at radius 3 is 1.79 bits per heavy atom. The molecule has 2 atom stereocenters. The molecule has 0 aromatic heterocycles. The average Bonchev–Trinajstić information content (AvgIpc) is 2.79. The summed E-state index contributed by atoms with van der Waals surface area (Å²) in [5, 5.41) is 0. The normalized spacial score (nSPS) is 30.9. The molecule has 4 fully saturated rings. The van der Waals surface area contributed by atoms with Crippen molar-refractivity contribution in [1.29, 1.82) is 0 Å². The lowest BCUT2D eigenvalue weighted by Crippen LogP contribution is -2.56. The highest BCUT2D eigenvalue weighted by Crippen LogP contribution is 2.69. The van der Waals surface area contributed by atoms with Gasteiger partial charge >= 0.3 is 11.9 Å². The molecule has 4 saturated carbocycles. The smallest absolute Gasteiger partial charge is 0.337 e. The van der Waals surface area contributed by atoms with Crippen LogP contribution in [0.15, 0.2) is 42.5 Å². The summed E-state index contributed by atoms with van der Waals surface area (Å²) in [6, 6.07) is 13.5. The van der Waals surface area contributed by atoms with Gasteiger partial charge < -0.3 is 9.47 Å². The molecule has 4 aliphatic rings. The van der Waals surface area contributed by atoms with Crippen molar-refractivity contribution in [2.75, 3.05) is 14.2 Å². The van der Waals surface area contributed by atoms with E-state index in [1.807, 2.05) is 0 Å². The van der Waals surface area contributed by atoms with Crippen molar-refractivity contribution in [3.63, 3.8) is 0 Å². The van der Waals surface area contributed by atoms with Crippen LogP contribution in [-0.4, -0.2) is 26.2 Å². The molecule has 176 valence electrons. The Morgan fingerprint density at radius 2 is 1.29 bits per heavy atom. The second kappa shape index (κ2) is 8.01. The maximum absolute atomic E-state index is 12.0. The molecule has 0 amide bonds. The molecular formula is C30H32O4. The highest BCUT2D eigenvalue weighted by molar-refractivity contribution is 5.96. The van der Waals surface area contributed by atoms with Crippen LogP contribution in [0.5, 0.6) is 0 Å². The van der Waals surface area contributed by atoms with Crippen LogP contribution in [0.25, 0.3) is 0 Å². The Hall–Kier alpha value is -3.06. The van der Waals surface area contributed by atoms with Gasteiger partial charge in [0.05, 0.1) is 25.3 Å². The van der Waals surface area contributed by atoms with Gasteiger partial charge in [0.1, 0.15) is 0 Å². The van der Waals surface area contributed by atoms with E-state index in [0.717, 1.165) is 11.5 Å². The Morgan fingerprint density at radius 1 is 0.765 bits per heavy atom. The Labute approximate surface area is 202 Å². The first-order valence-corrected chi connectivity index (χ1v) is 12.1. The molecule has 34 heavy (non-hydrogen) atoms. The third-order valence-corrected chi connectivity index (χ3v) is 8.25. The largest absolute Gasteiger partial charge is 0.465 e. The second-order valence-electron chi connectivity index (χ2n) is 11.5. The van der Waals surface area contributed by atoms with Crippen LogP contribution in [0.1, 0.15) is 89.8 Å². The fraction of sp³-hybridized carbons (Fsp3) is 0.467. The highest BCUT2D eigenvalue weighted by Gasteiger charge is 2.60. The van der Waals surface area contributed by atoms with E-state index in [1.54, 1.807) is 12.1 Å². The molecule has 4 bridgehead atoms. The number of esters is 2. The number of methoxy groups -OCH3 is 2. The first-order chi connectivity index (χ1) is 16.1. The molecule has 0 radical (unpaired) electrons. The molecule has 0 aliphatic heterocycles. The zero-order valence-electron chi connectivity index (χ0n) is 20.5. The first kappa shape index (κ1) is 22.7. The SMILES string of the molecule is COC(=O)c1cc(C#Cc2ccc(C34CC5CC(C)(CC(C)(C5)C3)C4)cc2)cc(C(=O)OC)c1. The lowest BCUT2D eigenvalue weighted by molar-refractivity contribution is -0.110. The van der Waals surface area contributed by atoms with Crippen LogP contribution in [-0.2, 0) is 14.9 Å². The molecule has 0 heterocycles. The predicted octanol–water partition coefficient (Wildman–Crippen LogP) is 5.91. The molecule has 0 spiro atoms. The number of carbonyl (C=O) groups is 2. The van der Waals surface area contributed by atoms with Crippen LogP contribution in [0.4, 0.5) is 0 Å². The minimum absolute atomic E-state index is 0.272. The summed E-state index contributed by atoms with van der Waals surface area (Å²) in [4.78, 5) is 24.1. The summed E-state index contributed by atoms with van der Waals surface area (Å²) < 4.78 is 9.62. The molecule has 2 unspecified atom stereocenters. The summed E-state index contributed by atoms with van der Waals surface area (Å²) in [6.45, 7) is 5.02. The van der Waals surface area contributed by atoms with Gasteiger partial charge in [-0.1, -0.05) is 37.8 Å². The van der Waals surface area contributed by atoms with E-state index in [1.165, 1.54) is 64.4 Å². The number of rotatable bonds is 3. The van der Waals surface area contributed by atoms with Crippen molar-refractivity contribution in [2.45, 2.75) is 57.8 Å². The van der Waals surface area contributed by atoms with Gasteiger partial charge in [-0.2, -0.15) is 0 Å². The maximum atomic E-state index is 12.0. The number of carbonyl (C=O) groups excluding carboxylic acids is 2. The molecule has 2 aromatic carbocycles. The van der Waals surface area contributed by atoms with Crippen molar-refractivity contribution < 1.29 is 19.1 Å². The van der Waals surface area contributed by atoms with E-state index in [9.17, 15) is 9.59 Å². The topological polar surface area (TPSA) is 52.6 Å². The molecule has 0 saturated heterocycles. The van der Waals surface area contributed by atoms with Crippen LogP contribution in [0.3, 0.4) is 0 Å². The zero-order valence-corrected chi connectivity index (χ0v) is 20.5. The van der Waals surface area contributed by atoms with Gasteiger partial charge in [-0.25, -0.2) is 9.59 Å². The maximum Gasteiger partial charge on any atom is 0.337 e. The zero-order chi connectivity index (χ0) is 24.1. The van der Waals surface area contributed by atoms with Gasteiger partial charge in [0.2, 0.25) is 0 Å². The van der Waals surface area contributed by atoms with Crippen molar-refractivity contribution in [2.24, 2.45) is 16.7 Å². The average molecular weight is 457 g/mol. The van der Waals surface area contributed by atoms with Gasteiger partial charge in [-0.15, -0.1) is 0 Å². The van der Waals surface area contributed by atoms with Crippen LogP contribution < -0.4 is 0 Å². The summed E-state index contributed by atoms with van der Waals surface area (Å²) in [5.41, 5.74) is 4.74. The van der Waals surface area contributed by atoms with Gasteiger partial charge in [0.25, 0.3) is 0 Å². The van der Waals surface area contributed by atoms with Crippen molar-refractivity contribution >= 4 is 11.9 Å². The number of ether oxygens (including phenoxy) is 2. The fourth-order valence-electron chi connectivity index (χ4n) is 7.99. The second-order valence-corrected chi connectivity index (χ2v) is 11.5. The van der Waals surface area contributed by atoms with Crippen molar-refractivity contribution in [3.8, 4) is 11.8 Å². The van der Waals surface area contributed by atoms with Crippen molar-refractivity contribution in [3.05, 3.63) is 70.3 Å². The molecule has 4 aliphatic carbocycles. The van der Waals surface area contributed by atoms with Crippen molar-refractivity contribution in [1.82, 2.24) is 0 Å². The molecule has 2 aromatic rings. The summed E-state index contributed by atoms with van der Waals surface area (Å²) in [6.07, 6.45) is 8.08. The van der Waals surface area contributed by atoms with Gasteiger partial charge in [0, 0.05) is 11.1 Å². The van der Waals surface area contributed by atoms with E-state index in [0.29, 0.717) is 21.8 Å². The van der Waals surface area contributed by atoms with Crippen LogP contribution in [0.2, 0.25) is 0 Å². The number of hydrogen-bond donors (Lipinski definition) is 0. The lowest BCUT2D eigenvalue weighted by atomic mass is 9.39. The molecule has 4 nitrogen and oxygen atoms in total. The lowest BCUT2D eigenvalue weighted by Gasteiger charge is -2.65. The van der Waals surface area contributed by atoms with E-state index < -0.39 is 11.9 Å². The van der Waals surface area contributed by atoms with Crippen LogP contribution in [0, 0.1) is 28.6 Å². The molecule has 4 heteroatoms. The molecule has 6 rings (SSSR count). The summed E-state index contributed by atoms with van der Waals surface area (Å²) >= 11 is 0. The summed E-state index contributed by atoms with van der Waals surface area (Å²) in [7, 11) is 2.62. The summed E-state index contributed by atoms with van der Waals surface area (Å²) in [5.74, 6) is 6.12. The number of benzene rings is 2. The molecule has 0 N–H and O–H groups in total. The number of hydrogen-bond acceptors (Lipinski definition) is 4. The predicted molar refractivity (Wildman–Crippen MR) is 131 cm³/mol. The monoisotopic (exact) mass is 456 g/mol. The third kappa shape index (κ3) is 4.02. The first-order valence-electron chi connectivity index (χ1n) is 12.1. The van der Waals surface area contributed by atoms with E-state index in [4.69, 9.17) is 9.47 Å². The van der Waals surface area contributed by atoms with Gasteiger partial charge in [-0.05, 0) is 96.6 Å². The molecular weight excluding hydrogens is 424 g/mol. The minimum atomic E-state index is -0.517. The fourth-order valence-corrected chi connectivity index (χ4v) is 7.99. The Balaban J connectivity index is 1.42. The Bertz CT molecular complexity index is 1160. The Kier molecular flexibility index (Phi) is 5.35. The quantitative estimate of drug-likeness (QED) is 0.426. The third-order valence-electron chi connectivity index (χ3n) is 8.25. The van der Waals surface area contributed by atoms with Crippen LogP contribution >= 0.6 is 0 Å².